The number of nitrogens with one attached hydrogen (secondary N) is 1. The van der Waals surface area contributed by atoms with Gasteiger partial charge in [0.2, 0.25) is 0 Å². The molecule has 0 aromatic heterocycles. The van der Waals surface area contributed by atoms with Crippen LogP contribution in [-0.2, 0) is 0 Å². The van der Waals surface area contributed by atoms with Crippen LogP contribution in [0.5, 0.6) is 5.75 Å². The van der Waals surface area contributed by atoms with Crippen LogP contribution in [-0.4, -0.2) is 42.6 Å². The molecule has 0 aliphatic heterocycles. The molecule has 0 fully saturated rings. The lowest BCUT2D eigenvalue weighted by Crippen LogP contribution is -2.34. The van der Waals surface area contributed by atoms with Gasteiger partial charge in [-0.2, -0.15) is 0 Å². The zero-order valence-electron chi connectivity index (χ0n) is 11.5. The SMILES string of the molecule is CC(CCO)CNCC(O)COc1ccc(Cl)cc1Cl. The van der Waals surface area contributed by atoms with E-state index in [4.69, 9.17) is 33.0 Å². The Morgan fingerprint density at radius 2 is 2.05 bits per heavy atom. The van der Waals surface area contributed by atoms with Crippen molar-refractivity contribution >= 4 is 23.2 Å². The maximum Gasteiger partial charge on any atom is 0.138 e. The lowest BCUT2D eigenvalue weighted by Gasteiger charge is -2.16. The highest BCUT2D eigenvalue weighted by molar-refractivity contribution is 6.35. The highest BCUT2D eigenvalue weighted by Gasteiger charge is 2.08. The van der Waals surface area contributed by atoms with Crippen molar-refractivity contribution in [2.24, 2.45) is 5.92 Å². The van der Waals surface area contributed by atoms with Gasteiger partial charge in [0.25, 0.3) is 0 Å². The molecule has 0 aliphatic carbocycles. The van der Waals surface area contributed by atoms with Gasteiger partial charge in [0.1, 0.15) is 18.5 Å². The number of aliphatic hydroxyl groups excluding tert-OH is 2. The van der Waals surface area contributed by atoms with Crippen molar-refractivity contribution in [2.75, 3.05) is 26.3 Å². The fourth-order valence-electron chi connectivity index (χ4n) is 1.66. The highest BCUT2D eigenvalue weighted by Crippen LogP contribution is 2.27. The molecule has 3 N–H and O–H groups in total. The van der Waals surface area contributed by atoms with Crippen LogP contribution in [0.15, 0.2) is 18.2 Å². The molecule has 2 unspecified atom stereocenters. The average molecular weight is 322 g/mol. The van der Waals surface area contributed by atoms with E-state index in [1.54, 1.807) is 18.2 Å². The lowest BCUT2D eigenvalue weighted by molar-refractivity contribution is 0.105. The van der Waals surface area contributed by atoms with E-state index in [1.165, 1.54) is 0 Å². The van der Waals surface area contributed by atoms with Crippen molar-refractivity contribution in [3.63, 3.8) is 0 Å². The van der Waals surface area contributed by atoms with Crippen LogP contribution in [0.4, 0.5) is 0 Å². The van der Waals surface area contributed by atoms with Gasteiger partial charge in [-0.3, -0.25) is 0 Å². The second-order valence-electron chi connectivity index (χ2n) is 4.82. The van der Waals surface area contributed by atoms with Gasteiger partial charge in [-0.1, -0.05) is 30.1 Å². The second-order valence-corrected chi connectivity index (χ2v) is 5.66. The van der Waals surface area contributed by atoms with Crippen molar-refractivity contribution in [3.8, 4) is 5.75 Å². The van der Waals surface area contributed by atoms with Gasteiger partial charge in [-0.05, 0) is 37.1 Å². The molecule has 0 aliphatic rings. The van der Waals surface area contributed by atoms with E-state index < -0.39 is 6.10 Å². The first-order valence-corrected chi connectivity index (χ1v) is 7.36. The van der Waals surface area contributed by atoms with E-state index in [-0.39, 0.29) is 13.2 Å². The van der Waals surface area contributed by atoms with Crippen LogP contribution in [0.2, 0.25) is 10.0 Å². The highest BCUT2D eigenvalue weighted by atomic mass is 35.5. The van der Waals surface area contributed by atoms with Gasteiger partial charge in [0.15, 0.2) is 0 Å². The molecule has 0 amide bonds. The third-order valence-electron chi connectivity index (χ3n) is 2.82. The second kappa shape index (κ2) is 9.42. The number of halogens is 2. The molecule has 2 atom stereocenters. The topological polar surface area (TPSA) is 61.7 Å². The van der Waals surface area contributed by atoms with Crippen LogP contribution in [0.1, 0.15) is 13.3 Å². The molecule has 114 valence electrons. The van der Waals surface area contributed by atoms with Gasteiger partial charge in [0, 0.05) is 18.2 Å². The minimum Gasteiger partial charge on any atom is -0.489 e. The molecule has 4 nitrogen and oxygen atoms in total. The maximum atomic E-state index is 9.79. The molecule has 0 saturated heterocycles. The fraction of sp³-hybridized carbons (Fsp3) is 0.571. The van der Waals surface area contributed by atoms with Crippen LogP contribution >= 0.6 is 23.2 Å². The molecule has 0 heterocycles. The summed E-state index contributed by atoms with van der Waals surface area (Å²) in [7, 11) is 0. The van der Waals surface area contributed by atoms with Gasteiger partial charge in [0.05, 0.1) is 5.02 Å². The molecule has 0 radical (unpaired) electrons. The Kier molecular flexibility index (Phi) is 8.26. The first-order valence-electron chi connectivity index (χ1n) is 6.60. The van der Waals surface area contributed by atoms with E-state index in [2.05, 4.69) is 5.32 Å². The van der Waals surface area contributed by atoms with E-state index >= 15 is 0 Å². The van der Waals surface area contributed by atoms with Crippen LogP contribution < -0.4 is 10.1 Å². The van der Waals surface area contributed by atoms with Crippen molar-refractivity contribution in [1.29, 1.82) is 0 Å². The number of hydrogen-bond donors (Lipinski definition) is 3. The number of benzene rings is 1. The predicted octanol–water partition coefficient (Wildman–Crippen LogP) is 2.34. The van der Waals surface area contributed by atoms with Crippen molar-refractivity contribution < 1.29 is 14.9 Å². The van der Waals surface area contributed by atoms with Crippen molar-refractivity contribution in [3.05, 3.63) is 28.2 Å². The summed E-state index contributed by atoms with van der Waals surface area (Å²) < 4.78 is 5.44. The number of ether oxygens (including phenoxy) is 1. The Bertz CT molecular complexity index is 404. The Morgan fingerprint density at radius 3 is 2.70 bits per heavy atom. The van der Waals surface area contributed by atoms with Gasteiger partial charge in [-0.15, -0.1) is 0 Å². The Hall–Kier alpha value is -0.520. The number of hydrogen-bond acceptors (Lipinski definition) is 4. The lowest BCUT2D eigenvalue weighted by atomic mass is 10.1. The third-order valence-corrected chi connectivity index (χ3v) is 3.35. The number of aliphatic hydroxyl groups is 2. The molecule has 0 bridgehead atoms. The molecule has 6 heteroatoms. The summed E-state index contributed by atoms with van der Waals surface area (Å²) in [6.45, 7) is 3.56. The largest absolute Gasteiger partial charge is 0.489 e. The molecular formula is C14H21Cl2NO3. The van der Waals surface area contributed by atoms with E-state index in [0.29, 0.717) is 28.3 Å². The summed E-state index contributed by atoms with van der Waals surface area (Å²) in [5.41, 5.74) is 0. The standard InChI is InChI=1S/C14H21Cl2NO3/c1-10(4-5-18)7-17-8-12(19)9-20-14-3-2-11(15)6-13(14)16/h2-3,6,10,12,17-19H,4-5,7-9H2,1H3. The molecule has 1 aromatic rings. The van der Waals surface area contributed by atoms with Crippen LogP contribution in [0.25, 0.3) is 0 Å². The molecule has 20 heavy (non-hydrogen) atoms. The fourth-order valence-corrected chi connectivity index (χ4v) is 2.12. The minimum absolute atomic E-state index is 0.155. The van der Waals surface area contributed by atoms with Crippen molar-refractivity contribution in [1.82, 2.24) is 5.32 Å². The zero-order valence-corrected chi connectivity index (χ0v) is 13.0. The van der Waals surface area contributed by atoms with Gasteiger partial charge >= 0.3 is 0 Å². The zero-order chi connectivity index (χ0) is 15.0. The molecule has 0 spiro atoms. The summed E-state index contributed by atoms with van der Waals surface area (Å²) in [5, 5.41) is 22.7. The quantitative estimate of drug-likeness (QED) is 0.653. The third kappa shape index (κ3) is 6.77. The predicted molar refractivity (Wildman–Crippen MR) is 81.7 cm³/mol. The van der Waals surface area contributed by atoms with Gasteiger partial charge < -0.3 is 20.3 Å². The minimum atomic E-state index is -0.622. The summed E-state index contributed by atoms with van der Waals surface area (Å²) in [6, 6.07) is 4.96. The molecular weight excluding hydrogens is 301 g/mol. The van der Waals surface area contributed by atoms with Crippen molar-refractivity contribution in [2.45, 2.75) is 19.4 Å². The summed E-state index contributed by atoms with van der Waals surface area (Å²) in [5.74, 6) is 0.877. The Labute approximate surface area is 129 Å². The molecule has 0 saturated carbocycles. The van der Waals surface area contributed by atoms with Crippen LogP contribution in [0.3, 0.4) is 0 Å². The summed E-state index contributed by atoms with van der Waals surface area (Å²) >= 11 is 11.7. The van der Waals surface area contributed by atoms with E-state index in [9.17, 15) is 5.11 Å². The summed E-state index contributed by atoms with van der Waals surface area (Å²) in [4.78, 5) is 0. The Balaban J connectivity index is 2.24. The number of rotatable bonds is 9. The van der Waals surface area contributed by atoms with Gasteiger partial charge in [-0.25, -0.2) is 0 Å². The molecule has 1 aromatic carbocycles. The van der Waals surface area contributed by atoms with E-state index in [1.807, 2.05) is 6.92 Å². The van der Waals surface area contributed by atoms with Crippen LogP contribution in [0, 0.1) is 5.92 Å². The average Bonchev–Trinajstić information content (AvgIpc) is 2.38. The Morgan fingerprint density at radius 1 is 1.30 bits per heavy atom. The first kappa shape index (κ1) is 17.5. The molecule has 1 rings (SSSR count). The summed E-state index contributed by atoms with van der Waals surface area (Å²) in [6.07, 6.45) is 0.128. The monoisotopic (exact) mass is 321 g/mol. The maximum absolute atomic E-state index is 9.79. The smallest absolute Gasteiger partial charge is 0.138 e. The first-order chi connectivity index (χ1) is 9.52. The van der Waals surface area contributed by atoms with E-state index in [0.717, 1.165) is 13.0 Å². The normalized spacial score (nSPS) is 14.1.